The molecule has 8 heterocycles. The van der Waals surface area contributed by atoms with E-state index in [4.69, 9.17) is 50.4 Å². The Morgan fingerprint density at radius 1 is 0.528 bits per heavy atom. The number of nitrogens with zero attached hydrogens (tertiary/aromatic N) is 10. The van der Waals surface area contributed by atoms with Crippen molar-refractivity contribution in [3.05, 3.63) is 78.1 Å². The topological polar surface area (TPSA) is 342 Å². The van der Waals surface area contributed by atoms with Crippen LogP contribution in [0.3, 0.4) is 0 Å². The van der Waals surface area contributed by atoms with Crippen molar-refractivity contribution in [2.24, 2.45) is 69.0 Å². The van der Waals surface area contributed by atoms with Gasteiger partial charge in [0.25, 0.3) is 0 Å². The summed E-state index contributed by atoms with van der Waals surface area (Å²) in [5.41, 5.74) is -1.94. The number of ether oxygens (including phenoxy) is 5. The lowest BCUT2D eigenvalue weighted by atomic mass is 9.77. The number of likely N-dealkylation sites (tertiary alicyclic amines) is 4. The summed E-state index contributed by atoms with van der Waals surface area (Å²) in [6.45, 7) is 31.2. The largest absolute Gasteiger partial charge is 0.492 e. The van der Waals surface area contributed by atoms with Gasteiger partial charge in [-0.05, 0) is 202 Å². The fourth-order valence-corrected chi connectivity index (χ4v) is 20.7. The molecule has 28 nitrogen and oxygen atoms in total. The van der Waals surface area contributed by atoms with Crippen LogP contribution in [0, 0.1) is 69.0 Å². The second-order valence-electron chi connectivity index (χ2n) is 40.3. The molecule has 10 aliphatic rings. The average Bonchev–Trinajstić information content (AvgIpc) is 1.60. The fraction of sp³-hybridized carbons (Fsp3) is 0.667. The Hall–Kier alpha value is -8.99. The number of esters is 2. The lowest BCUT2D eigenvalue weighted by Gasteiger charge is -2.35. The summed E-state index contributed by atoms with van der Waals surface area (Å²) < 4.78 is 34.1. The number of piperidine rings is 2. The van der Waals surface area contributed by atoms with Gasteiger partial charge in [-0.15, -0.1) is 10.2 Å². The third kappa shape index (κ3) is 22.6. The minimum atomic E-state index is -1.13. The van der Waals surface area contributed by atoms with Crippen molar-refractivity contribution >= 4 is 92.3 Å². The first-order valence-corrected chi connectivity index (χ1v) is 46.7. The number of fused-ring (bicyclic) bond motifs is 4. The highest BCUT2D eigenvalue weighted by molar-refractivity contribution is 6.35. The van der Waals surface area contributed by atoms with Gasteiger partial charge in [0.05, 0.1) is 76.3 Å². The van der Waals surface area contributed by atoms with E-state index in [9.17, 15) is 53.7 Å². The number of carbonyl (C=O) groups excluding carboxylic acids is 6. The van der Waals surface area contributed by atoms with Crippen LogP contribution in [0.1, 0.15) is 224 Å². The maximum atomic E-state index is 14.9. The smallest absolute Gasteiger partial charge is 0.310 e. The van der Waals surface area contributed by atoms with Crippen LogP contribution in [-0.4, -0.2) is 226 Å². The van der Waals surface area contributed by atoms with Gasteiger partial charge < -0.3 is 59.4 Å². The molecule has 0 spiro atoms. The van der Waals surface area contributed by atoms with Crippen LogP contribution in [0.5, 0.6) is 17.2 Å². The minimum Gasteiger partial charge on any atom is -0.492 e. The maximum Gasteiger partial charge on any atom is 0.310 e. The van der Waals surface area contributed by atoms with Crippen molar-refractivity contribution in [3.8, 4) is 28.9 Å². The number of hydrogen-bond acceptors (Lipinski definition) is 22. The van der Waals surface area contributed by atoms with Gasteiger partial charge in [-0.2, -0.15) is 0 Å². The zero-order valence-corrected chi connectivity index (χ0v) is 76.0. The van der Waals surface area contributed by atoms with Crippen LogP contribution in [0.25, 0.3) is 33.4 Å². The second kappa shape index (κ2) is 38.9. The van der Waals surface area contributed by atoms with E-state index in [1.807, 2.05) is 142 Å². The first-order valence-electron chi connectivity index (χ1n) is 46.3. The zero-order chi connectivity index (χ0) is 89.1. The Labute approximate surface area is 740 Å². The number of aliphatic carboxylic acids is 2. The molecular formula is C96H133ClN12O16. The maximum absolute atomic E-state index is 14.9. The highest BCUT2D eigenvalue weighted by Gasteiger charge is 2.63. The second-order valence-corrected chi connectivity index (χ2v) is 40.7. The molecule has 4 unspecified atom stereocenters. The van der Waals surface area contributed by atoms with E-state index in [2.05, 4.69) is 39.4 Å². The number of hydrogen-bond donors (Lipinski definition) is 5. The molecule has 4 saturated heterocycles. The van der Waals surface area contributed by atoms with Gasteiger partial charge in [0.2, 0.25) is 11.8 Å². The van der Waals surface area contributed by atoms with E-state index in [0.717, 1.165) is 79.7 Å². The van der Waals surface area contributed by atoms with Gasteiger partial charge in [0.15, 0.2) is 23.2 Å². The number of amides is 2. The normalized spacial score (nSPS) is 27.3. The van der Waals surface area contributed by atoms with Crippen molar-refractivity contribution < 1.29 is 77.4 Å². The first kappa shape index (κ1) is 92.2. The van der Waals surface area contributed by atoms with Crippen LogP contribution in [-0.2, 0) is 47.8 Å². The van der Waals surface area contributed by atoms with E-state index in [1.165, 1.54) is 69.4 Å². The number of Topliss-reactive ketones (excluding diaryl/α,β-unsaturated/α-hetero) is 2. The number of ketones is 2. The number of β-amino-alcohol motifs (C(OH)–C–C–N with tert-alkyl or cyclic N) is 1. The molecule has 16 rings (SSSR count). The molecule has 0 radical (unpaired) electrons. The number of pyridine rings is 2. The zero-order valence-electron chi connectivity index (χ0n) is 75.3. The van der Waals surface area contributed by atoms with E-state index in [1.54, 1.807) is 14.3 Å². The van der Waals surface area contributed by atoms with Crippen LogP contribution < -0.4 is 24.8 Å². The molecule has 5 N–H and O–H groups in total. The van der Waals surface area contributed by atoms with E-state index < -0.39 is 81.7 Å². The molecule has 125 heavy (non-hydrogen) atoms. The molecule has 680 valence electrons. The van der Waals surface area contributed by atoms with Crippen LogP contribution >= 0.6 is 11.6 Å². The number of carboxylic acid groups (broad SMARTS) is 2. The lowest BCUT2D eigenvalue weighted by Crippen LogP contribution is -2.48. The van der Waals surface area contributed by atoms with E-state index in [-0.39, 0.29) is 105 Å². The Bertz CT molecular complexity index is 4850. The summed E-state index contributed by atoms with van der Waals surface area (Å²) in [4.78, 5) is 124. The van der Waals surface area contributed by atoms with Crippen molar-refractivity contribution in [1.29, 1.82) is 0 Å². The first-order chi connectivity index (χ1) is 59.5. The molecule has 2 amide bonds. The molecule has 0 bridgehead atoms. The van der Waals surface area contributed by atoms with E-state index >= 15 is 0 Å². The third-order valence-electron chi connectivity index (χ3n) is 28.1. The monoisotopic (exact) mass is 1740 g/mol. The predicted octanol–water partition coefficient (Wildman–Crippen LogP) is 14.9. The molecule has 6 aromatic rings. The summed E-state index contributed by atoms with van der Waals surface area (Å²) in [6, 6.07) is 17.8. The van der Waals surface area contributed by atoms with Crippen molar-refractivity contribution in [2.45, 2.75) is 273 Å². The Morgan fingerprint density at radius 2 is 0.952 bits per heavy atom. The van der Waals surface area contributed by atoms with Gasteiger partial charge in [0.1, 0.15) is 60.4 Å². The molecule has 4 aromatic heterocycles. The number of carbonyl (C=O) groups is 8. The highest BCUT2D eigenvalue weighted by atomic mass is 35.5. The highest BCUT2D eigenvalue weighted by Crippen LogP contribution is 2.60. The van der Waals surface area contributed by atoms with Crippen LogP contribution in [0.4, 0.5) is 11.6 Å². The summed E-state index contributed by atoms with van der Waals surface area (Å²) in [5, 5.41) is 48.5. The standard InChI is InChI=1S/C48H66N6O8.C26H39NO7.C22H28ClN5O/c1-7-32-26-48(32,46(58)59)27-40(55)39-23-35(28-53(39)45(57)37(47(4,5)6)24-44(56)62-34-20-30-19-31(30)21-34)61-41-25-43(54-16-13-42(51-54)49-29(2)3)50-38-22-33(11-12-36(38)41)60-18-17-52-14-9-8-10-15-52;1-5-16-11-26(16,24(32)33)12-21(29)20-9-17(28)13-27(20)23(31)19(25(2,3)4)10-22(30)34-18-7-14-6-15(14)8-18;1-16(2)24-21-8-11-28(26-21)22-15-19(23)18-7-6-17(14-20(18)25-22)29-13-12-27-9-4-3-5-10-27/h11-13,16,22,25,29-32,34-35,37,39H,7-10,14-15,17-21,23-24,26-28H2,1-6H3,(H,49,51)(H,58,59);14-20,28H,5-13H2,1-4H3,(H,32,33);6-8,11,14-16H,3-5,9-10,12-13H2,1-2H3,(H,24,26)/t30-,31?,32+,34?,35+,37+,39-,48+;14-,15?,16+,17+,18?,19+,20-,26+;/m00./s1. The van der Waals surface area contributed by atoms with Crippen molar-refractivity contribution in [2.75, 3.05) is 76.2 Å². The quantitative estimate of drug-likeness (QED) is 0.0234. The molecule has 4 aliphatic heterocycles. The van der Waals surface area contributed by atoms with Crippen molar-refractivity contribution in [3.63, 3.8) is 0 Å². The molecule has 6 aliphatic carbocycles. The number of aliphatic hydroxyl groups excluding tert-OH is 1. The Balaban J connectivity index is 0.000000169. The number of aromatic nitrogens is 6. The summed E-state index contributed by atoms with van der Waals surface area (Å²) >= 11 is 6.52. The van der Waals surface area contributed by atoms with Crippen LogP contribution in [0.15, 0.2) is 73.1 Å². The molecule has 2 aromatic carbocycles. The number of anilines is 2. The molecular weight excluding hydrogens is 1610 g/mol. The van der Waals surface area contributed by atoms with E-state index in [0.29, 0.717) is 108 Å². The average molecular weight is 1750 g/mol. The summed E-state index contributed by atoms with van der Waals surface area (Å²) in [7, 11) is 0. The number of aliphatic hydroxyl groups is 1. The lowest BCUT2D eigenvalue weighted by molar-refractivity contribution is -0.157. The van der Waals surface area contributed by atoms with Gasteiger partial charge in [-0.25, -0.2) is 19.3 Å². The van der Waals surface area contributed by atoms with Gasteiger partial charge >= 0.3 is 23.9 Å². The van der Waals surface area contributed by atoms with Gasteiger partial charge in [-0.1, -0.05) is 92.7 Å². The fourth-order valence-electron chi connectivity index (χ4n) is 20.4. The number of rotatable bonds is 34. The Kier molecular flexibility index (Phi) is 28.7. The summed E-state index contributed by atoms with van der Waals surface area (Å²) in [5.74, 6) is 1.75. The predicted molar refractivity (Wildman–Crippen MR) is 475 cm³/mol. The SMILES string of the molecule is CC(C)Nc1ccn(-c2cc(Cl)c3ccc(OCCN4CCCCC4)cc3n2)n1.CC[C@@H]1C[C@]1(CC(=O)[C@@H]1C[C@@H](O)CN1C(=O)[C@@H](CC(=O)OC1CC2C[C@H]2C1)C(C)(C)C)C(=O)O.CC[C@@H]1C[C@]1(CC(=O)[C@@H]1C[C@@H](Oc2cc(-n3ccc(NC(C)C)n3)nc3cc(OCCN4CCCCC4)ccc23)CN1C(=O)[C@@H](CC(=O)OC1CC2C[C@H]2C1)C(C)(C)C)C(=O)O. The molecule has 29 heteroatoms. The third-order valence-corrected chi connectivity index (χ3v) is 28.4. The van der Waals surface area contributed by atoms with Crippen molar-refractivity contribution in [1.82, 2.24) is 49.1 Å². The molecule has 10 fully saturated rings. The Morgan fingerprint density at radius 3 is 1.38 bits per heavy atom. The number of halogens is 1. The summed E-state index contributed by atoms with van der Waals surface area (Å²) in [6.07, 6.45) is 17.8. The number of nitrogens with one attached hydrogen (secondary N) is 2. The van der Waals surface area contributed by atoms with Crippen LogP contribution in [0.2, 0.25) is 5.02 Å². The number of benzene rings is 2. The minimum absolute atomic E-state index is 0.0140. The molecule has 6 saturated carbocycles. The number of carboxylic acids is 2. The molecule has 16 atom stereocenters. The van der Waals surface area contributed by atoms with Gasteiger partial charge in [-0.3, -0.25) is 48.2 Å². The van der Waals surface area contributed by atoms with Gasteiger partial charge in [0, 0.05) is 117 Å².